The first-order chi connectivity index (χ1) is 23.9. The van der Waals surface area contributed by atoms with Crippen LogP contribution in [0.5, 0.6) is 0 Å². The summed E-state index contributed by atoms with van der Waals surface area (Å²) in [6.07, 6.45) is -6.38. The maximum Gasteiger partial charge on any atom is 0.263 e. The third-order valence-electron chi connectivity index (χ3n) is 7.74. The quantitative estimate of drug-likeness (QED) is 0.0474. The van der Waals surface area contributed by atoms with Crippen molar-refractivity contribution in [2.45, 2.75) is 49.3 Å². The van der Waals surface area contributed by atoms with E-state index in [2.05, 4.69) is 24.6 Å². The Bertz CT molecular complexity index is 2050. The molecule has 2 fully saturated rings. The molecule has 0 saturated carbocycles. The lowest BCUT2D eigenvalue weighted by Crippen LogP contribution is -2.34. The van der Waals surface area contributed by atoms with Gasteiger partial charge in [-0.3, -0.25) is 19.6 Å². The molecule has 11 N–H and O–H groups in total. The number of nitriles is 2. The molecule has 23 nitrogen and oxygen atoms in total. The maximum atomic E-state index is 12.1. The second-order valence-corrected chi connectivity index (χ2v) is 11.7. The van der Waals surface area contributed by atoms with E-state index in [1.54, 1.807) is 0 Å². The number of rotatable bonds is 9. The van der Waals surface area contributed by atoms with Gasteiger partial charge in [0.25, 0.3) is 11.1 Å². The molecule has 9 atom stereocenters. The maximum absolute atomic E-state index is 12.1. The summed E-state index contributed by atoms with van der Waals surface area (Å²) in [5.41, 5.74) is 10.3. The van der Waals surface area contributed by atoms with Crippen molar-refractivity contribution in [2.75, 3.05) is 38.6 Å². The minimum Gasteiger partial charge on any atom is -0.394 e. The van der Waals surface area contributed by atoms with Gasteiger partial charge in [-0.05, 0) is 0 Å². The second-order valence-electron chi connectivity index (χ2n) is 10.6. The summed E-state index contributed by atoms with van der Waals surface area (Å²) >= 11 is 0. The molecule has 3 unspecified atom stereocenters. The van der Waals surface area contributed by atoms with Gasteiger partial charge in [-0.25, -0.2) is 0 Å². The van der Waals surface area contributed by atoms with Gasteiger partial charge in [0.05, 0.1) is 17.7 Å². The number of aliphatic hydroxyl groups excluding tert-OH is 4. The fraction of sp³-hybridized carbons (Fsp3) is 0.462. The van der Waals surface area contributed by atoms with E-state index in [0.717, 1.165) is 0 Å². The minimum absolute atomic E-state index is 0.000536. The van der Waals surface area contributed by atoms with Crippen LogP contribution in [0.2, 0.25) is 0 Å². The number of aliphatic hydroxyl groups is 4. The molecule has 268 valence electrons. The first kappa shape index (κ1) is 36.7. The number of hydrogen-bond donors (Lipinski definition) is 9. The molecule has 6 heterocycles. The normalized spacial score (nSPS) is 26.8. The highest BCUT2D eigenvalue weighted by atomic mass is 31.2. The molecule has 0 radical (unpaired) electrons. The van der Waals surface area contributed by atoms with E-state index in [4.69, 9.17) is 40.4 Å². The highest BCUT2D eigenvalue weighted by molar-refractivity contribution is 7.45. The number of aromatic amines is 2. The number of fused-ring (bicyclic) bond motifs is 2. The summed E-state index contributed by atoms with van der Waals surface area (Å²) in [5, 5.41) is 57.1. The summed E-state index contributed by atoms with van der Waals surface area (Å²) in [7, 11) is 0.437. The molecule has 0 aliphatic carbocycles. The molecule has 0 spiro atoms. The van der Waals surface area contributed by atoms with Gasteiger partial charge in [0.2, 0.25) is 26.6 Å². The smallest absolute Gasteiger partial charge is 0.263 e. The Morgan fingerprint density at radius 1 is 0.900 bits per heavy atom. The van der Waals surface area contributed by atoms with Gasteiger partial charge in [-0.2, -0.15) is 30.1 Å². The van der Waals surface area contributed by atoms with E-state index in [1.165, 1.54) is 35.7 Å². The molecular weight excluding hydrogens is 691 g/mol. The molecule has 0 bridgehead atoms. The molecule has 50 heavy (non-hydrogen) atoms. The number of methoxy groups -OCH3 is 2. The predicted molar refractivity (Wildman–Crippen MR) is 166 cm³/mol. The van der Waals surface area contributed by atoms with Crippen LogP contribution in [-0.4, -0.2) is 118 Å². The van der Waals surface area contributed by atoms with Gasteiger partial charge < -0.3 is 64.9 Å². The number of nitrogens with zero attached hydrogens (tertiary/aromatic N) is 6. The Hall–Kier alpha value is -4.59. The van der Waals surface area contributed by atoms with E-state index in [0.29, 0.717) is 0 Å². The average molecular weight is 723 g/mol. The first-order valence-electron chi connectivity index (χ1n) is 14.3. The van der Waals surface area contributed by atoms with Crippen molar-refractivity contribution in [3.63, 3.8) is 0 Å². The number of hydrogen-bond acceptors (Lipinski definition) is 19. The van der Waals surface area contributed by atoms with Crippen LogP contribution in [0.15, 0.2) is 22.0 Å². The van der Waals surface area contributed by atoms with Crippen LogP contribution >= 0.6 is 8.38 Å². The van der Waals surface area contributed by atoms with Gasteiger partial charge >= 0.3 is 0 Å². The van der Waals surface area contributed by atoms with Crippen molar-refractivity contribution in [1.29, 1.82) is 10.5 Å². The van der Waals surface area contributed by atoms with Crippen molar-refractivity contribution in [3.05, 3.63) is 44.2 Å². The van der Waals surface area contributed by atoms with Crippen LogP contribution in [0.3, 0.4) is 0 Å². The van der Waals surface area contributed by atoms with Crippen LogP contribution in [0, 0.1) is 22.7 Å². The molecule has 2 saturated heterocycles. The third kappa shape index (κ3) is 6.64. The Balaban J connectivity index is 0.000000197. The van der Waals surface area contributed by atoms with Gasteiger partial charge in [0.1, 0.15) is 59.8 Å². The number of nitrogens with one attached hydrogen (secondary N) is 2. The molecule has 24 heteroatoms. The fourth-order valence-electron chi connectivity index (χ4n) is 5.54. The molecule has 4 aromatic heterocycles. The standard InChI is InChI=1S/C13H16N5O8P.C13H15N5O5/c1-23-8-7(20)12(25-26-27(22)4-19)24-11(8)18-3-5(2-14)6-9(18)16-13(15)17-10(6)21;1-22-9-8(20)6(4-19)23-12(9)18-3-5(2-14)7-10(18)16-13(15)17-11(7)21/h3,7-8,11-12,19-20,22H,4H2,1H3,(H3,15,16,17,21);3,6,8-9,12,19-20H,4H2,1H3,(H3,15,16,17,21)/t7?,8-,11+,12+,27?;6-,8?,9+,12-/m01/s1. The van der Waals surface area contributed by atoms with Crippen molar-refractivity contribution >= 4 is 42.3 Å². The predicted octanol–water partition coefficient (Wildman–Crippen LogP) is -2.94. The van der Waals surface area contributed by atoms with Crippen molar-refractivity contribution in [2.24, 2.45) is 0 Å². The lowest BCUT2D eigenvalue weighted by molar-refractivity contribution is -0.332. The summed E-state index contributed by atoms with van der Waals surface area (Å²) in [6.45, 7) is -0.405. The number of anilines is 2. The first-order valence-corrected chi connectivity index (χ1v) is 15.7. The zero-order valence-electron chi connectivity index (χ0n) is 26.0. The van der Waals surface area contributed by atoms with Crippen molar-refractivity contribution in [3.8, 4) is 12.1 Å². The van der Waals surface area contributed by atoms with Gasteiger partial charge in [0, 0.05) is 26.6 Å². The molecule has 0 aromatic carbocycles. The third-order valence-corrected chi connectivity index (χ3v) is 8.24. The van der Waals surface area contributed by atoms with Gasteiger partial charge in [-0.1, -0.05) is 0 Å². The number of ether oxygens (including phenoxy) is 4. The summed E-state index contributed by atoms with van der Waals surface area (Å²) in [4.78, 5) is 51.0. The number of aromatic nitrogens is 6. The summed E-state index contributed by atoms with van der Waals surface area (Å²) in [5.74, 6) is -0.286. The molecule has 4 aromatic rings. The Labute approximate surface area is 280 Å². The van der Waals surface area contributed by atoms with Crippen LogP contribution in [0.25, 0.3) is 22.1 Å². The second kappa shape index (κ2) is 15.1. The summed E-state index contributed by atoms with van der Waals surface area (Å²) < 4.78 is 28.9. The SMILES string of the molecule is CO[C@H]1C(O)[C@@H](CO)O[C@H]1n1cc(C#N)c2c(=O)[nH]c(N)nc21.CO[C@H]1C(O)[C@@H](OOP(O)CO)O[C@H]1n1cc(C#N)c2c(=O)[nH]c(N)nc21. The van der Waals surface area contributed by atoms with Crippen LogP contribution in [-0.2, 0) is 28.5 Å². The minimum atomic E-state index is -2.26. The molecular formula is C26H31N10O13P. The zero-order chi connectivity index (χ0) is 36.4. The van der Waals surface area contributed by atoms with E-state index >= 15 is 0 Å². The van der Waals surface area contributed by atoms with Crippen molar-refractivity contribution < 1.29 is 53.8 Å². The van der Waals surface area contributed by atoms with Gasteiger partial charge in [0.15, 0.2) is 23.8 Å². The topological polar surface area (TPSA) is 358 Å². The molecule has 2 aliphatic heterocycles. The van der Waals surface area contributed by atoms with Crippen LogP contribution in [0.4, 0.5) is 11.9 Å². The van der Waals surface area contributed by atoms with E-state index < -0.39 is 81.7 Å². The molecule has 2 aliphatic rings. The average Bonchev–Trinajstić information content (AvgIpc) is 3.83. The van der Waals surface area contributed by atoms with E-state index in [9.17, 15) is 40.3 Å². The highest BCUT2D eigenvalue weighted by Crippen LogP contribution is 2.38. The van der Waals surface area contributed by atoms with Crippen LogP contribution < -0.4 is 22.6 Å². The lowest BCUT2D eigenvalue weighted by Gasteiger charge is -2.20. The lowest BCUT2D eigenvalue weighted by atomic mass is 10.1. The van der Waals surface area contributed by atoms with Crippen molar-refractivity contribution in [1.82, 2.24) is 29.1 Å². The highest BCUT2D eigenvalue weighted by Gasteiger charge is 2.48. The Morgan fingerprint density at radius 2 is 1.38 bits per heavy atom. The largest absolute Gasteiger partial charge is 0.394 e. The Morgan fingerprint density at radius 3 is 1.82 bits per heavy atom. The number of nitrogens with two attached hydrogens (primary N) is 2. The van der Waals surface area contributed by atoms with E-state index in [1.807, 2.05) is 12.1 Å². The molecule has 0 amide bonds. The molecule has 6 rings (SSSR count). The zero-order valence-corrected chi connectivity index (χ0v) is 26.9. The monoisotopic (exact) mass is 722 g/mol. The summed E-state index contributed by atoms with van der Waals surface area (Å²) in [6, 6.07) is 3.80. The Kier molecular flexibility index (Phi) is 11.1. The van der Waals surface area contributed by atoms with Crippen LogP contribution in [0.1, 0.15) is 23.6 Å². The van der Waals surface area contributed by atoms with Gasteiger partial charge in [-0.15, -0.1) is 0 Å². The fourth-order valence-corrected chi connectivity index (χ4v) is 5.78. The number of H-pyrrole nitrogens is 2. The van der Waals surface area contributed by atoms with E-state index in [-0.39, 0.29) is 45.1 Å². The number of nitrogen functional groups attached to an aromatic ring is 2.